The molecule has 0 bridgehead atoms. The molecule has 1 N–H and O–H groups in total. The van der Waals surface area contributed by atoms with Crippen molar-refractivity contribution in [2.24, 2.45) is 5.41 Å². The Kier molecular flexibility index (Phi) is 3.36. The largest absolute Gasteiger partial charge is 0.507 e. The highest BCUT2D eigenvalue weighted by molar-refractivity contribution is 6.26. The molecule has 112 valence electrons. The number of hydrogen-bond acceptors (Lipinski definition) is 3. The van der Waals surface area contributed by atoms with Gasteiger partial charge in [-0.2, -0.15) is 0 Å². The van der Waals surface area contributed by atoms with Crippen LogP contribution in [0.2, 0.25) is 0 Å². The minimum atomic E-state index is -0.431. The van der Waals surface area contributed by atoms with Gasteiger partial charge in [0.1, 0.15) is 5.75 Å². The van der Waals surface area contributed by atoms with E-state index in [4.69, 9.17) is 0 Å². The van der Waals surface area contributed by atoms with Crippen molar-refractivity contribution < 1.29 is 14.7 Å². The Balaban J connectivity index is 2.69. The number of phenols is 1. The summed E-state index contributed by atoms with van der Waals surface area (Å²) in [5.74, 6) is -0.573. The van der Waals surface area contributed by atoms with E-state index in [1.807, 2.05) is 41.5 Å². The van der Waals surface area contributed by atoms with Crippen LogP contribution in [0.1, 0.15) is 67.8 Å². The molecular weight excluding hydrogens is 264 g/mol. The number of carbonyl (C=O) groups is 2. The lowest BCUT2D eigenvalue weighted by molar-refractivity contribution is 0.0964. The van der Waals surface area contributed by atoms with Crippen molar-refractivity contribution in [2.75, 3.05) is 0 Å². The smallest absolute Gasteiger partial charge is 0.194 e. The summed E-state index contributed by atoms with van der Waals surface area (Å²) in [6, 6.07) is 3.32. The first-order valence-corrected chi connectivity index (χ1v) is 7.11. The lowest BCUT2D eigenvalue weighted by Gasteiger charge is -2.27. The van der Waals surface area contributed by atoms with E-state index in [0.29, 0.717) is 11.1 Å². The number of hydrogen-bond donors (Lipinski definition) is 1. The van der Waals surface area contributed by atoms with E-state index < -0.39 is 5.41 Å². The minimum Gasteiger partial charge on any atom is -0.507 e. The number of carbonyl (C=O) groups excluding carboxylic acids is 2. The number of phenolic OH excluding ortho intramolecular Hbond substituents is 1. The number of Topliss-reactive ketones (excluding diaryl/α,β-unsaturated/α-hetero) is 1. The maximum atomic E-state index is 12.6. The Morgan fingerprint density at radius 2 is 1.48 bits per heavy atom. The van der Waals surface area contributed by atoms with Gasteiger partial charge in [-0.15, -0.1) is 0 Å². The average molecular weight is 286 g/mol. The highest BCUT2D eigenvalue weighted by Crippen LogP contribution is 2.38. The van der Waals surface area contributed by atoms with Gasteiger partial charge in [-0.25, -0.2) is 0 Å². The second kappa shape index (κ2) is 4.55. The van der Waals surface area contributed by atoms with Crippen molar-refractivity contribution in [1.82, 2.24) is 0 Å². The monoisotopic (exact) mass is 286 g/mol. The summed E-state index contributed by atoms with van der Waals surface area (Å²) in [6.45, 7) is 11.7. The molecule has 0 unspecified atom stereocenters. The summed E-state index contributed by atoms with van der Waals surface area (Å²) in [5, 5.41) is 10.3. The van der Waals surface area contributed by atoms with E-state index in [0.717, 1.165) is 5.56 Å². The molecule has 0 saturated carbocycles. The molecule has 1 aromatic rings. The first kappa shape index (κ1) is 15.5. The Labute approximate surface area is 125 Å². The van der Waals surface area contributed by atoms with Crippen LogP contribution >= 0.6 is 0 Å². The molecule has 3 nitrogen and oxygen atoms in total. The van der Waals surface area contributed by atoms with Crippen LogP contribution in [0, 0.1) is 5.41 Å². The fourth-order valence-electron chi connectivity index (χ4n) is 2.46. The average Bonchev–Trinajstić information content (AvgIpc) is 2.30. The van der Waals surface area contributed by atoms with Crippen LogP contribution in [0.15, 0.2) is 23.8 Å². The predicted octanol–water partition coefficient (Wildman–Crippen LogP) is 4.04. The molecule has 21 heavy (non-hydrogen) atoms. The van der Waals surface area contributed by atoms with Gasteiger partial charge in [0, 0.05) is 11.1 Å². The van der Waals surface area contributed by atoms with E-state index in [1.54, 1.807) is 12.1 Å². The second-order valence-electron chi connectivity index (χ2n) is 7.67. The lowest BCUT2D eigenvalue weighted by atomic mass is 9.75. The third-order valence-electron chi connectivity index (χ3n) is 3.80. The molecular formula is C18H22O3. The maximum absolute atomic E-state index is 12.6. The first-order valence-electron chi connectivity index (χ1n) is 7.11. The van der Waals surface area contributed by atoms with Gasteiger partial charge >= 0.3 is 0 Å². The lowest BCUT2D eigenvalue weighted by Crippen LogP contribution is -2.26. The van der Waals surface area contributed by atoms with Crippen molar-refractivity contribution in [3.63, 3.8) is 0 Å². The van der Waals surface area contributed by atoms with Crippen molar-refractivity contribution >= 4 is 11.6 Å². The molecule has 1 aromatic carbocycles. The van der Waals surface area contributed by atoms with E-state index in [2.05, 4.69) is 0 Å². The van der Waals surface area contributed by atoms with Crippen molar-refractivity contribution in [3.8, 4) is 5.75 Å². The van der Waals surface area contributed by atoms with Crippen LogP contribution in [0.4, 0.5) is 0 Å². The van der Waals surface area contributed by atoms with Crippen LogP contribution in [-0.4, -0.2) is 16.7 Å². The van der Waals surface area contributed by atoms with Crippen LogP contribution in [0.3, 0.4) is 0 Å². The summed E-state index contributed by atoms with van der Waals surface area (Å²) in [7, 11) is 0. The van der Waals surface area contributed by atoms with Gasteiger partial charge in [0.2, 0.25) is 0 Å². The number of allylic oxidation sites excluding steroid dienone is 2. The standard InChI is InChI=1S/C18H22O3/c1-17(2,3)10-7-11-13(19)9-12(18(4,5)6)16(21)15(11)14(20)8-10/h7-9,20H,1-6H3. The van der Waals surface area contributed by atoms with Crippen LogP contribution < -0.4 is 0 Å². The van der Waals surface area contributed by atoms with E-state index >= 15 is 0 Å². The maximum Gasteiger partial charge on any atom is 0.194 e. The van der Waals surface area contributed by atoms with E-state index in [9.17, 15) is 14.7 Å². The number of aromatic hydroxyl groups is 1. The third kappa shape index (κ3) is 2.65. The fourth-order valence-corrected chi connectivity index (χ4v) is 2.46. The van der Waals surface area contributed by atoms with Crippen molar-refractivity contribution in [2.45, 2.75) is 47.0 Å². The fraction of sp³-hybridized carbons (Fsp3) is 0.444. The van der Waals surface area contributed by atoms with Gasteiger partial charge in [-0.05, 0) is 34.6 Å². The summed E-state index contributed by atoms with van der Waals surface area (Å²) in [4.78, 5) is 25.0. The predicted molar refractivity (Wildman–Crippen MR) is 83.0 cm³/mol. The molecule has 0 fully saturated rings. The minimum absolute atomic E-state index is 0.106. The normalized spacial score (nSPS) is 15.8. The second-order valence-corrected chi connectivity index (χ2v) is 7.67. The van der Waals surface area contributed by atoms with E-state index in [-0.39, 0.29) is 28.3 Å². The first-order chi connectivity index (χ1) is 9.43. The highest BCUT2D eigenvalue weighted by atomic mass is 16.3. The molecule has 0 radical (unpaired) electrons. The van der Waals surface area contributed by atoms with Crippen LogP contribution in [0.25, 0.3) is 0 Å². The topological polar surface area (TPSA) is 54.4 Å². The van der Waals surface area contributed by atoms with Crippen LogP contribution in [-0.2, 0) is 5.41 Å². The molecule has 0 amide bonds. The van der Waals surface area contributed by atoms with Gasteiger partial charge in [-0.1, -0.05) is 41.5 Å². The summed E-state index contributed by atoms with van der Waals surface area (Å²) >= 11 is 0. The molecule has 0 atom stereocenters. The molecule has 0 aliphatic heterocycles. The number of fused-ring (bicyclic) bond motifs is 1. The number of benzene rings is 1. The Morgan fingerprint density at radius 1 is 0.905 bits per heavy atom. The van der Waals surface area contributed by atoms with Crippen LogP contribution in [0.5, 0.6) is 5.75 Å². The van der Waals surface area contributed by atoms with Gasteiger partial charge in [0.05, 0.1) is 5.56 Å². The zero-order chi connectivity index (χ0) is 16.2. The third-order valence-corrected chi connectivity index (χ3v) is 3.80. The van der Waals surface area contributed by atoms with Gasteiger partial charge in [0.15, 0.2) is 11.6 Å². The Hall–Kier alpha value is -1.90. The SMILES string of the molecule is CC(C)(C)C1=CC(=O)c2cc(C(C)(C)C)cc(O)c2C1=O. The quantitative estimate of drug-likeness (QED) is 0.783. The van der Waals surface area contributed by atoms with Crippen molar-refractivity contribution in [1.29, 1.82) is 0 Å². The zero-order valence-electron chi connectivity index (χ0n) is 13.5. The summed E-state index contributed by atoms with van der Waals surface area (Å²) in [6.07, 6.45) is 1.41. The molecule has 2 rings (SSSR count). The summed E-state index contributed by atoms with van der Waals surface area (Å²) < 4.78 is 0. The zero-order valence-corrected chi connectivity index (χ0v) is 13.5. The van der Waals surface area contributed by atoms with Crippen molar-refractivity contribution in [3.05, 3.63) is 40.5 Å². The molecule has 1 aliphatic rings. The molecule has 3 heteroatoms. The molecule has 0 heterocycles. The molecule has 1 aliphatic carbocycles. The van der Waals surface area contributed by atoms with E-state index in [1.165, 1.54) is 6.08 Å². The summed E-state index contributed by atoms with van der Waals surface area (Å²) in [5.41, 5.74) is 1.09. The number of rotatable bonds is 0. The van der Waals surface area contributed by atoms with Gasteiger partial charge in [-0.3, -0.25) is 9.59 Å². The molecule has 0 aromatic heterocycles. The highest BCUT2D eigenvalue weighted by Gasteiger charge is 2.35. The number of ketones is 2. The Morgan fingerprint density at radius 3 is 1.95 bits per heavy atom. The molecule has 0 spiro atoms. The molecule has 0 saturated heterocycles. The van der Waals surface area contributed by atoms with Gasteiger partial charge in [0.25, 0.3) is 0 Å². The van der Waals surface area contributed by atoms with Gasteiger partial charge < -0.3 is 5.11 Å². The Bertz CT molecular complexity index is 665.